The van der Waals surface area contributed by atoms with Gasteiger partial charge in [0.15, 0.2) is 11.6 Å². The number of hydrogen-bond acceptors (Lipinski definition) is 6. The van der Waals surface area contributed by atoms with E-state index >= 15 is 9.59 Å². The summed E-state index contributed by atoms with van der Waals surface area (Å²) in [6, 6.07) is 28.2. The Bertz CT molecular complexity index is 1870. The van der Waals surface area contributed by atoms with Crippen molar-refractivity contribution in [3.63, 3.8) is 0 Å². The molecule has 2 spiro atoms. The van der Waals surface area contributed by atoms with Gasteiger partial charge in [-0.2, -0.15) is 0 Å². The molecule has 6 nitrogen and oxygen atoms in total. The number of fused-ring (bicyclic) bond motifs is 4. The number of Topliss-reactive ketones (excluding diaryl/α,β-unsaturated/α-hetero) is 2. The fraction of sp³-hybridized carbons (Fsp3) is 0.316. The van der Waals surface area contributed by atoms with Crippen molar-refractivity contribution in [2.75, 3.05) is 40.9 Å². The van der Waals surface area contributed by atoms with E-state index < -0.39 is 11.0 Å². The molecule has 0 N–H and O–H groups in total. The second-order valence-electron chi connectivity index (χ2n) is 12.8. The van der Waals surface area contributed by atoms with Crippen molar-refractivity contribution in [2.24, 2.45) is 5.41 Å². The lowest BCUT2D eigenvalue weighted by Crippen LogP contribution is -2.65. The molecule has 4 atom stereocenters. The molecule has 0 bridgehead atoms. The molecule has 4 aromatic carbocycles. The van der Waals surface area contributed by atoms with Crippen LogP contribution < -0.4 is 9.47 Å². The Kier molecular flexibility index (Phi) is 6.13. The second-order valence-corrected chi connectivity index (χ2v) is 12.8. The van der Waals surface area contributed by atoms with Gasteiger partial charge < -0.3 is 14.4 Å². The van der Waals surface area contributed by atoms with Crippen LogP contribution in [0.3, 0.4) is 0 Å². The molecule has 0 amide bonds. The lowest BCUT2D eigenvalue weighted by Gasteiger charge is -2.52. The van der Waals surface area contributed by atoms with E-state index in [-0.39, 0.29) is 23.5 Å². The Hall–Kier alpha value is -4.26. The molecule has 1 unspecified atom stereocenters. The zero-order valence-electron chi connectivity index (χ0n) is 25.4. The highest BCUT2D eigenvalue weighted by Crippen LogP contribution is 2.70. The number of ether oxygens (including phenoxy) is 2. The van der Waals surface area contributed by atoms with Crippen molar-refractivity contribution >= 4 is 28.4 Å². The monoisotopic (exact) mass is 584 g/mol. The highest BCUT2D eigenvalue weighted by molar-refractivity contribution is 6.24. The van der Waals surface area contributed by atoms with Gasteiger partial charge in [0.25, 0.3) is 0 Å². The fourth-order valence-electron chi connectivity index (χ4n) is 9.44. The maximum absolute atomic E-state index is 15.7. The van der Waals surface area contributed by atoms with Crippen molar-refractivity contribution in [2.45, 2.75) is 30.3 Å². The number of methoxy groups -OCH3 is 2. The van der Waals surface area contributed by atoms with E-state index in [9.17, 15) is 0 Å². The van der Waals surface area contributed by atoms with E-state index in [2.05, 4.69) is 47.2 Å². The Labute approximate surface area is 257 Å². The van der Waals surface area contributed by atoms with E-state index in [0.29, 0.717) is 24.4 Å². The first-order valence-corrected chi connectivity index (χ1v) is 15.5. The summed E-state index contributed by atoms with van der Waals surface area (Å²) >= 11 is 0. The Morgan fingerprint density at radius 2 is 1.57 bits per heavy atom. The topological polar surface area (TPSA) is 59.1 Å². The molecule has 0 aromatic heterocycles. The van der Waals surface area contributed by atoms with Crippen molar-refractivity contribution < 1.29 is 19.1 Å². The Morgan fingerprint density at radius 3 is 2.36 bits per heavy atom. The van der Waals surface area contributed by atoms with Gasteiger partial charge in [-0.3, -0.25) is 14.5 Å². The van der Waals surface area contributed by atoms with Crippen LogP contribution >= 0.6 is 0 Å². The molecule has 3 saturated heterocycles. The summed E-state index contributed by atoms with van der Waals surface area (Å²) in [4.78, 5) is 35.8. The zero-order valence-corrected chi connectivity index (χ0v) is 25.4. The SMILES string of the molecule is COc1ccccc1/C=C1\CN(C)C[C@@]2(C1=O)[C@@H](c1ccccc1OC)C1CCCN1[C@@]21C(=O)c2cccc3cccc1c23. The smallest absolute Gasteiger partial charge is 0.189 e. The van der Waals surface area contributed by atoms with Crippen LogP contribution in [-0.4, -0.2) is 68.3 Å². The number of likely N-dealkylation sites (N-methyl/N-ethyl adjacent to an activating group) is 1. The average Bonchev–Trinajstić information content (AvgIpc) is 3.68. The van der Waals surface area contributed by atoms with E-state index in [1.165, 1.54) is 0 Å². The molecule has 222 valence electrons. The largest absolute Gasteiger partial charge is 0.496 e. The summed E-state index contributed by atoms with van der Waals surface area (Å²) in [5.41, 5.74) is 2.00. The van der Waals surface area contributed by atoms with Gasteiger partial charge in [-0.05, 0) is 66.5 Å². The number of likely N-dealkylation sites (tertiary alicyclic amines) is 1. The summed E-state index contributed by atoms with van der Waals surface area (Å²) in [7, 11) is 5.43. The van der Waals surface area contributed by atoms with Gasteiger partial charge >= 0.3 is 0 Å². The second kappa shape index (κ2) is 9.88. The molecule has 0 saturated carbocycles. The van der Waals surface area contributed by atoms with Gasteiger partial charge in [0, 0.05) is 41.7 Å². The van der Waals surface area contributed by atoms with Crippen LogP contribution in [0, 0.1) is 5.41 Å². The van der Waals surface area contributed by atoms with Crippen LogP contribution in [0.2, 0.25) is 0 Å². The normalized spacial score (nSPS) is 28.9. The minimum Gasteiger partial charge on any atom is -0.496 e. The highest BCUT2D eigenvalue weighted by atomic mass is 16.5. The van der Waals surface area contributed by atoms with Gasteiger partial charge in [-0.25, -0.2) is 0 Å². The molecule has 0 radical (unpaired) electrons. The van der Waals surface area contributed by atoms with Crippen LogP contribution in [0.25, 0.3) is 16.8 Å². The molecule has 3 fully saturated rings. The third kappa shape index (κ3) is 3.33. The molecular weight excluding hydrogens is 548 g/mol. The summed E-state index contributed by atoms with van der Waals surface area (Å²) in [5, 5.41) is 2.03. The molecule has 6 heteroatoms. The molecular formula is C38H36N2O4. The molecule has 44 heavy (non-hydrogen) atoms. The molecule has 3 aliphatic heterocycles. The molecule has 4 aliphatic rings. The minimum atomic E-state index is -1.14. The van der Waals surface area contributed by atoms with Crippen molar-refractivity contribution in [3.05, 3.63) is 113 Å². The Balaban J connectivity index is 1.47. The molecule has 3 heterocycles. The van der Waals surface area contributed by atoms with Gasteiger partial charge in [0.1, 0.15) is 17.0 Å². The van der Waals surface area contributed by atoms with Crippen LogP contribution in [0.1, 0.15) is 45.8 Å². The standard InChI is InChI=1S/C38H36N2O4/c1-39-22-26(21-25-11-4-6-18-31(25)43-2)35(41)37(23-39)34(27-14-5-7-19-32(27)44-3)30-17-10-20-40(30)38(37)29-16-9-13-24-12-8-15-28(33(24)29)36(38)42/h4-9,11-16,18-19,21,30,34H,10,17,20,22-23H2,1-3H3/b26-21+/t30?,34-,37-,38-/m0/s1. The highest BCUT2D eigenvalue weighted by Gasteiger charge is 2.78. The lowest BCUT2D eigenvalue weighted by molar-refractivity contribution is -0.134. The summed E-state index contributed by atoms with van der Waals surface area (Å²) < 4.78 is 11.7. The number of carbonyl (C=O) groups excluding carboxylic acids is 2. The summed E-state index contributed by atoms with van der Waals surface area (Å²) in [6.45, 7) is 1.71. The predicted octanol–water partition coefficient (Wildman–Crippen LogP) is 6.09. The lowest BCUT2D eigenvalue weighted by atomic mass is 9.54. The number of rotatable bonds is 4. The third-order valence-electron chi connectivity index (χ3n) is 10.8. The molecule has 1 aliphatic carbocycles. The van der Waals surface area contributed by atoms with Gasteiger partial charge in [-0.15, -0.1) is 0 Å². The number of nitrogens with zero attached hydrogens (tertiary/aromatic N) is 2. The Morgan fingerprint density at radius 1 is 0.841 bits per heavy atom. The number of carbonyl (C=O) groups is 2. The average molecular weight is 585 g/mol. The molecule has 4 aromatic rings. The minimum absolute atomic E-state index is 0.00257. The van der Waals surface area contributed by atoms with E-state index in [1.807, 2.05) is 60.7 Å². The number of benzene rings is 4. The van der Waals surface area contributed by atoms with Crippen LogP contribution in [0.5, 0.6) is 11.5 Å². The zero-order chi connectivity index (χ0) is 30.2. The van der Waals surface area contributed by atoms with Gasteiger partial charge in [-0.1, -0.05) is 72.8 Å². The number of para-hydroxylation sites is 2. The quantitative estimate of drug-likeness (QED) is 0.271. The van der Waals surface area contributed by atoms with Crippen LogP contribution in [-0.2, 0) is 10.3 Å². The van der Waals surface area contributed by atoms with Crippen molar-refractivity contribution in [1.29, 1.82) is 0 Å². The maximum Gasteiger partial charge on any atom is 0.189 e. The van der Waals surface area contributed by atoms with Crippen molar-refractivity contribution in [3.8, 4) is 11.5 Å². The van der Waals surface area contributed by atoms with Crippen LogP contribution in [0.15, 0.2) is 90.5 Å². The first-order chi connectivity index (χ1) is 21.5. The summed E-state index contributed by atoms with van der Waals surface area (Å²) in [5.74, 6) is 1.32. The predicted molar refractivity (Wildman–Crippen MR) is 171 cm³/mol. The molecule has 8 rings (SSSR count). The van der Waals surface area contributed by atoms with Crippen LogP contribution in [0.4, 0.5) is 0 Å². The number of piperidine rings is 1. The van der Waals surface area contributed by atoms with Gasteiger partial charge in [0.2, 0.25) is 0 Å². The first-order valence-electron chi connectivity index (χ1n) is 15.5. The van der Waals surface area contributed by atoms with Gasteiger partial charge in [0.05, 0.1) is 19.6 Å². The number of ketones is 2. The van der Waals surface area contributed by atoms with Crippen molar-refractivity contribution in [1.82, 2.24) is 9.80 Å². The first kappa shape index (κ1) is 27.3. The fourth-order valence-corrected chi connectivity index (χ4v) is 9.44. The van der Waals surface area contributed by atoms with E-state index in [4.69, 9.17) is 9.47 Å². The number of hydrogen-bond donors (Lipinski definition) is 0. The summed E-state index contributed by atoms with van der Waals surface area (Å²) in [6.07, 6.45) is 3.87. The maximum atomic E-state index is 15.7. The van der Waals surface area contributed by atoms with E-state index in [1.54, 1.807) is 14.2 Å². The van der Waals surface area contributed by atoms with E-state index in [0.717, 1.165) is 58.2 Å². The third-order valence-corrected chi connectivity index (χ3v) is 10.8.